The smallest absolute Gasteiger partial charge is 0.254 e. The van der Waals surface area contributed by atoms with E-state index in [1.54, 1.807) is 24.4 Å². The number of nitrogens with zero attached hydrogens (tertiary/aromatic N) is 3. The second kappa shape index (κ2) is 8.49. The van der Waals surface area contributed by atoms with Crippen molar-refractivity contribution in [1.29, 1.82) is 0 Å². The van der Waals surface area contributed by atoms with Crippen molar-refractivity contribution in [2.24, 2.45) is 0 Å². The molecule has 2 aromatic carbocycles. The summed E-state index contributed by atoms with van der Waals surface area (Å²) in [7, 11) is 0. The van der Waals surface area contributed by atoms with Crippen molar-refractivity contribution in [2.45, 2.75) is 0 Å². The quantitative estimate of drug-likeness (QED) is 0.691. The first kappa shape index (κ1) is 18.6. The number of aromatic hydroxyl groups is 1. The van der Waals surface area contributed by atoms with Crippen molar-refractivity contribution in [2.75, 3.05) is 31.1 Å². The van der Waals surface area contributed by atoms with Crippen LogP contribution in [-0.2, 0) is 0 Å². The van der Waals surface area contributed by atoms with Crippen LogP contribution in [0.3, 0.4) is 0 Å². The van der Waals surface area contributed by atoms with E-state index < -0.39 is 0 Å². The van der Waals surface area contributed by atoms with Gasteiger partial charge in [0.05, 0.1) is 0 Å². The van der Waals surface area contributed by atoms with Crippen LogP contribution in [0.1, 0.15) is 21.5 Å². The molecule has 1 saturated heterocycles. The Morgan fingerprint density at radius 3 is 2.28 bits per heavy atom. The van der Waals surface area contributed by atoms with Gasteiger partial charge in [0, 0.05) is 49.1 Å². The summed E-state index contributed by atoms with van der Waals surface area (Å²) in [6.07, 6.45) is 1.79. The van der Waals surface area contributed by atoms with Crippen molar-refractivity contribution in [3.8, 4) is 17.6 Å². The molecular weight excluding hydrogens is 362 g/mol. The van der Waals surface area contributed by atoms with Gasteiger partial charge >= 0.3 is 0 Å². The van der Waals surface area contributed by atoms with Gasteiger partial charge in [0.2, 0.25) is 0 Å². The van der Waals surface area contributed by atoms with Crippen LogP contribution in [0.15, 0.2) is 72.9 Å². The number of carbonyl (C=O) groups excluding carboxylic acids is 1. The molecule has 5 heteroatoms. The van der Waals surface area contributed by atoms with Crippen LogP contribution in [0.4, 0.5) is 5.82 Å². The molecule has 29 heavy (non-hydrogen) atoms. The van der Waals surface area contributed by atoms with Crippen LogP contribution in [-0.4, -0.2) is 47.1 Å². The molecule has 0 unspecified atom stereocenters. The highest BCUT2D eigenvalue weighted by Gasteiger charge is 2.22. The minimum absolute atomic E-state index is 0.0201. The van der Waals surface area contributed by atoms with Gasteiger partial charge in [0.15, 0.2) is 0 Å². The molecule has 0 aliphatic carbocycles. The monoisotopic (exact) mass is 383 g/mol. The van der Waals surface area contributed by atoms with Crippen LogP contribution in [0.2, 0.25) is 0 Å². The second-order valence-electron chi connectivity index (χ2n) is 6.85. The summed E-state index contributed by atoms with van der Waals surface area (Å²) < 4.78 is 0. The molecule has 2 heterocycles. The minimum atomic E-state index is 0.0201. The number of hydrogen-bond acceptors (Lipinski definition) is 4. The lowest BCUT2D eigenvalue weighted by atomic mass is 10.1. The van der Waals surface area contributed by atoms with Gasteiger partial charge in [-0.05, 0) is 48.5 Å². The number of hydrogen-bond donors (Lipinski definition) is 1. The SMILES string of the molecule is O=C(c1cccc(C#Cc2cccc(O)c2)c1)N1CCN(c2ccccn2)CC1. The molecule has 1 amide bonds. The van der Waals surface area contributed by atoms with Crippen LogP contribution < -0.4 is 4.90 Å². The molecule has 0 bridgehead atoms. The van der Waals surface area contributed by atoms with E-state index in [4.69, 9.17) is 0 Å². The molecule has 0 spiro atoms. The van der Waals surface area contributed by atoms with Gasteiger partial charge in [-0.1, -0.05) is 30.0 Å². The topological polar surface area (TPSA) is 56.7 Å². The lowest BCUT2D eigenvalue weighted by molar-refractivity contribution is 0.0746. The third-order valence-corrected chi connectivity index (χ3v) is 4.85. The van der Waals surface area contributed by atoms with Crippen molar-refractivity contribution in [3.63, 3.8) is 0 Å². The maximum atomic E-state index is 12.9. The number of benzene rings is 2. The molecule has 0 radical (unpaired) electrons. The average Bonchev–Trinajstić information content (AvgIpc) is 2.78. The minimum Gasteiger partial charge on any atom is -0.508 e. The molecule has 144 valence electrons. The Balaban J connectivity index is 1.43. The number of aromatic nitrogens is 1. The average molecular weight is 383 g/mol. The standard InChI is InChI=1S/C24H21N3O2/c28-22-8-4-6-20(18-22)11-10-19-5-3-7-21(17-19)24(29)27-15-13-26(14-16-27)23-9-1-2-12-25-23/h1-9,12,17-18,28H,13-16H2. The van der Waals surface area contributed by atoms with Crippen LogP contribution in [0.25, 0.3) is 0 Å². The van der Waals surface area contributed by atoms with Crippen molar-refractivity contribution >= 4 is 11.7 Å². The third-order valence-electron chi connectivity index (χ3n) is 4.85. The molecule has 0 saturated carbocycles. The number of amides is 1. The lowest BCUT2D eigenvalue weighted by Gasteiger charge is -2.35. The van der Waals surface area contributed by atoms with E-state index in [0.29, 0.717) is 18.7 Å². The lowest BCUT2D eigenvalue weighted by Crippen LogP contribution is -2.49. The number of carbonyl (C=O) groups is 1. The molecule has 1 aromatic heterocycles. The fourth-order valence-corrected chi connectivity index (χ4v) is 3.32. The van der Waals surface area contributed by atoms with Crippen LogP contribution in [0, 0.1) is 11.8 Å². The fourth-order valence-electron chi connectivity index (χ4n) is 3.32. The highest BCUT2D eigenvalue weighted by molar-refractivity contribution is 5.94. The van der Waals surface area contributed by atoms with Crippen molar-refractivity contribution in [3.05, 3.63) is 89.6 Å². The van der Waals surface area contributed by atoms with E-state index in [1.807, 2.05) is 53.4 Å². The van der Waals surface area contributed by atoms with E-state index in [-0.39, 0.29) is 11.7 Å². The van der Waals surface area contributed by atoms with E-state index >= 15 is 0 Å². The largest absolute Gasteiger partial charge is 0.508 e. The van der Waals surface area contributed by atoms with Gasteiger partial charge < -0.3 is 14.9 Å². The highest BCUT2D eigenvalue weighted by atomic mass is 16.3. The predicted octanol–water partition coefficient (Wildman–Crippen LogP) is 3.15. The first-order chi connectivity index (χ1) is 14.2. The summed E-state index contributed by atoms with van der Waals surface area (Å²) in [6.45, 7) is 2.85. The normalized spacial score (nSPS) is 13.5. The Labute approximate surface area is 170 Å². The molecule has 1 fully saturated rings. The molecule has 1 N–H and O–H groups in total. The summed E-state index contributed by atoms with van der Waals surface area (Å²) >= 11 is 0. The number of rotatable bonds is 2. The predicted molar refractivity (Wildman–Crippen MR) is 113 cm³/mol. The highest BCUT2D eigenvalue weighted by Crippen LogP contribution is 2.15. The second-order valence-corrected chi connectivity index (χ2v) is 6.85. The number of pyridine rings is 1. The third kappa shape index (κ3) is 4.56. The van der Waals surface area contributed by atoms with Crippen LogP contribution in [0.5, 0.6) is 5.75 Å². The first-order valence-corrected chi connectivity index (χ1v) is 9.55. The number of anilines is 1. The molecule has 0 atom stereocenters. The molecule has 1 aliphatic heterocycles. The summed E-state index contributed by atoms with van der Waals surface area (Å²) in [5, 5.41) is 9.54. The molecule has 3 aromatic rings. The number of piperazine rings is 1. The summed E-state index contributed by atoms with van der Waals surface area (Å²) in [5.74, 6) is 7.24. The Bertz CT molecular complexity index is 1060. The molecule has 5 nitrogen and oxygen atoms in total. The Morgan fingerprint density at radius 1 is 0.862 bits per heavy atom. The summed E-state index contributed by atoms with van der Waals surface area (Å²) in [6, 6.07) is 20.1. The van der Waals surface area contributed by atoms with E-state index in [1.165, 1.54) is 0 Å². The maximum Gasteiger partial charge on any atom is 0.254 e. The molecule has 1 aliphatic rings. The summed E-state index contributed by atoms with van der Waals surface area (Å²) in [4.78, 5) is 21.4. The van der Waals surface area contributed by atoms with Gasteiger partial charge in [-0.15, -0.1) is 0 Å². The van der Waals surface area contributed by atoms with Crippen LogP contribution >= 0.6 is 0 Å². The first-order valence-electron chi connectivity index (χ1n) is 9.55. The van der Waals surface area contributed by atoms with Gasteiger partial charge in [-0.2, -0.15) is 0 Å². The van der Waals surface area contributed by atoms with E-state index in [0.717, 1.165) is 30.0 Å². The Morgan fingerprint density at radius 2 is 1.59 bits per heavy atom. The Kier molecular flexibility index (Phi) is 5.44. The van der Waals surface area contributed by atoms with Crippen molar-refractivity contribution in [1.82, 2.24) is 9.88 Å². The number of phenolic OH excluding ortho intramolecular Hbond substituents is 1. The zero-order chi connectivity index (χ0) is 20.1. The summed E-state index contributed by atoms with van der Waals surface area (Å²) in [5.41, 5.74) is 2.14. The van der Waals surface area contributed by atoms with Gasteiger partial charge in [0.25, 0.3) is 5.91 Å². The number of phenols is 1. The molecule has 4 rings (SSSR count). The Hall–Kier alpha value is -3.78. The zero-order valence-electron chi connectivity index (χ0n) is 16.0. The van der Waals surface area contributed by atoms with Gasteiger partial charge in [-0.3, -0.25) is 4.79 Å². The molecular formula is C24H21N3O2. The zero-order valence-corrected chi connectivity index (χ0v) is 16.0. The van der Waals surface area contributed by atoms with Gasteiger partial charge in [0.1, 0.15) is 11.6 Å². The van der Waals surface area contributed by atoms with E-state index in [2.05, 4.69) is 21.7 Å². The van der Waals surface area contributed by atoms with E-state index in [9.17, 15) is 9.90 Å². The van der Waals surface area contributed by atoms with Gasteiger partial charge in [-0.25, -0.2) is 4.98 Å². The fraction of sp³-hybridized carbons (Fsp3) is 0.167. The van der Waals surface area contributed by atoms with Crippen molar-refractivity contribution < 1.29 is 9.90 Å². The maximum absolute atomic E-state index is 12.9.